The highest BCUT2D eigenvalue weighted by Gasteiger charge is 2.17. The number of ether oxygens (including phenoxy) is 1. The summed E-state index contributed by atoms with van der Waals surface area (Å²) < 4.78 is 18.5. The van der Waals surface area contributed by atoms with Crippen LogP contribution in [0.15, 0.2) is 16.6 Å². The molecule has 0 saturated heterocycles. The van der Waals surface area contributed by atoms with Gasteiger partial charge in [0.15, 0.2) is 17.7 Å². The summed E-state index contributed by atoms with van der Waals surface area (Å²) in [4.78, 5) is 10.7. The van der Waals surface area contributed by atoms with Crippen LogP contribution in [0, 0.1) is 18.2 Å². The molecule has 0 radical (unpaired) electrons. The lowest BCUT2D eigenvalue weighted by Gasteiger charge is -2.11. The average Bonchev–Trinajstić information content (AvgIpc) is 2.24. The zero-order valence-electron chi connectivity index (χ0n) is 8.33. The summed E-state index contributed by atoms with van der Waals surface area (Å²) in [6.07, 6.45) is 4.50. The van der Waals surface area contributed by atoms with Crippen molar-refractivity contribution in [3.05, 3.63) is 28.0 Å². The van der Waals surface area contributed by atoms with Gasteiger partial charge in [0.25, 0.3) is 0 Å². The third-order valence-electron chi connectivity index (χ3n) is 1.82. The van der Waals surface area contributed by atoms with Crippen molar-refractivity contribution < 1.29 is 19.0 Å². The highest BCUT2D eigenvalue weighted by molar-refractivity contribution is 9.10. The van der Waals surface area contributed by atoms with Gasteiger partial charge in [0.2, 0.25) is 0 Å². The quantitative estimate of drug-likeness (QED) is 0.869. The SMILES string of the molecule is C#CC(C)Oc1ccc(C(=O)O)c(Br)c1F. The molecule has 0 aromatic heterocycles. The van der Waals surface area contributed by atoms with Crippen molar-refractivity contribution >= 4 is 21.9 Å². The summed E-state index contributed by atoms with van der Waals surface area (Å²) in [5, 5.41) is 8.74. The van der Waals surface area contributed by atoms with Crippen molar-refractivity contribution in [2.75, 3.05) is 0 Å². The standard InChI is InChI=1S/C11H8BrFO3/c1-3-6(2)16-8-5-4-7(11(14)15)9(12)10(8)13/h1,4-6H,2H3,(H,14,15). The number of benzene rings is 1. The third-order valence-corrected chi connectivity index (χ3v) is 2.59. The second-order valence-corrected chi connectivity index (χ2v) is 3.76. The number of carbonyl (C=O) groups is 1. The van der Waals surface area contributed by atoms with Gasteiger partial charge in [-0.25, -0.2) is 9.18 Å². The first-order chi connectivity index (χ1) is 7.47. The van der Waals surface area contributed by atoms with E-state index in [0.29, 0.717) is 0 Å². The lowest BCUT2D eigenvalue weighted by molar-refractivity contribution is 0.0695. The van der Waals surface area contributed by atoms with E-state index < -0.39 is 17.9 Å². The fourth-order valence-corrected chi connectivity index (χ4v) is 1.51. The Hall–Kier alpha value is -1.54. The van der Waals surface area contributed by atoms with Crippen molar-refractivity contribution in [2.24, 2.45) is 0 Å². The average molecular weight is 287 g/mol. The summed E-state index contributed by atoms with van der Waals surface area (Å²) in [5.74, 6) is 0.200. The highest BCUT2D eigenvalue weighted by atomic mass is 79.9. The molecule has 84 valence electrons. The molecule has 0 bridgehead atoms. The van der Waals surface area contributed by atoms with Crippen LogP contribution in [0.1, 0.15) is 17.3 Å². The van der Waals surface area contributed by atoms with E-state index >= 15 is 0 Å². The van der Waals surface area contributed by atoms with E-state index in [1.807, 2.05) is 0 Å². The molecular weight excluding hydrogens is 279 g/mol. The largest absolute Gasteiger partial charge is 0.478 e. The molecule has 0 spiro atoms. The molecule has 0 heterocycles. The van der Waals surface area contributed by atoms with Crippen molar-refractivity contribution in [2.45, 2.75) is 13.0 Å². The number of carboxylic acid groups (broad SMARTS) is 1. The van der Waals surface area contributed by atoms with E-state index in [9.17, 15) is 9.18 Å². The molecule has 5 heteroatoms. The summed E-state index contributed by atoms with van der Waals surface area (Å²) in [6.45, 7) is 1.58. The van der Waals surface area contributed by atoms with Crippen LogP contribution in [-0.4, -0.2) is 17.2 Å². The smallest absolute Gasteiger partial charge is 0.336 e. The highest BCUT2D eigenvalue weighted by Crippen LogP contribution is 2.29. The minimum atomic E-state index is -1.22. The summed E-state index contributed by atoms with van der Waals surface area (Å²) >= 11 is 2.86. The lowest BCUT2D eigenvalue weighted by atomic mass is 10.2. The molecule has 0 aliphatic rings. The van der Waals surface area contributed by atoms with Gasteiger partial charge in [-0.05, 0) is 35.0 Å². The van der Waals surface area contributed by atoms with Crippen molar-refractivity contribution in [3.63, 3.8) is 0 Å². The maximum Gasteiger partial charge on any atom is 0.336 e. The Labute approximate surface area is 100 Å². The number of carboxylic acids is 1. The molecule has 16 heavy (non-hydrogen) atoms. The molecule has 0 saturated carbocycles. The normalized spacial score (nSPS) is 11.6. The minimum Gasteiger partial charge on any atom is -0.478 e. The predicted molar refractivity (Wildman–Crippen MR) is 60.0 cm³/mol. The van der Waals surface area contributed by atoms with E-state index in [1.54, 1.807) is 6.92 Å². The molecule has 1 rings (SSSR count). The van der Waals surface area contributed by atoms with Crippen LogP contribution >= 0.6 is 15.9 Å². The van der Waals surface area contributed by atoms with Crippen molar-refractivity contribution in [1.82, 2.24) is 0 Å². The van der Waals surface area contributed by atoms with Crippen LogP contribution in [0.5, 0.6) is 5.75 Å². The summed E-state index contributed by atoms with van der Waals surface area (Å²) in [6, 6.07) is 2.48. The Balaban J connectivity index is 3.13. The van der Waals surface area contributed by atoms with Gasteiger partial charge in [0.05, 0.1) is 10.0 Å². The first-order valence-electron chi connectivity index (χ1n) is 4.31. The van der Waals surface area contributed by atoms with Gasteiger partial charge in [0, 0.05) is 0 Å². The molecule has 0 fully saturated rings. The van der Waals surface area contributed by atoms with Gasteiger partial charge in [-0.1, -0.05) is 5.92 Å². The number of terminal acetylenes is 1. The van der Waals surface area contributed by atoms with Crippen LogP contribution in [0.2, 0.25) is 0 Å². The second-order valence-electron chi connectivity index (χ2n) is 2.97. The van der Waals surface area contributed by atoms with Gasteiger partial charge >= 0.3 is 5.97 Å². The van der Waals surface area contributed by atoms with Crippen molar-refractivity contribution in [3.8, 4) is 18.1 Å². The Morgan fingerprint density at radius 3 is 2.81 bits per heavy atom. The molecule has 1 aromatic carbocycles. The van der Waals surface area contributed by atoms with Crippen LogP contribution in [0.3, 0.4) is 0 Å². The number of hydrogen-bond donors (Lipinski definition) is 1. The van der Waals surface area contributed by atoms with E-state index in [-0.39, 0.29) is 15.8 Å². The number of rotatable bonds is 3. The Morgan fingerprint density at radius 2 is 2.31 bits per heavy atom. The molecule has 1 N–H and O–H groups in total. The molecule has 0 aliphatic heterocycles. The molecule has 1 aromatic rings. The van der Waals surface area contributed by atoms with Crippen LogP contribution in [0.4, 0.5) is 4.39 Å². The Morgan fingerprint density at radius 1 is 1.69 bits per heavy atom. The number of halogens is 2. The second kappa shape index (κ2) is 4.99. The first kappa shape index (κ1) is 12.5. The van der Waals surface area contributed by atoms with Gasteiger partial charge in [-0.2, -0.15) is 0 Å². The molecule has 1 unspecified atom stereocenters. The van der Waals surface area contributed by atoms with Crippen LogP contribution < -0.4 is 4.74 Å². The molecular formula is C11H8BrFO3. The fraction of sp³-hybridized carbons (Fsp3) is 0.182. The molecule has 0 aliphatic carbocycles. The van der Waals surface area contributed by atoms with E-state index in [1.165, 1.54) is 12.1 Å². The van der Waals surface area contributed by atoms with E-state index in [2.05, 4.69) is 21.9 Å². The van der Waals surface area contributed by atoms with Crippen LogP contribution in [-0.2, 0) is 0 Å². The molecule has 3 nitrogen and oxygen atoms in total. The zero-order chi connectivity index (χ0) is 12.3. The van der Waals surface area contributed by atoms with Gasteiger partial charge in [0.1, 0.15) is 0 Å². The Kier molecular flexibility index (Phi) is 3.91. The van der Waals surface area contributed by atoms with Crippen molar-refractivity contribution in [1.29, 1.82) is 0 Å². The third kappa shape index (κ3) is 2.52. The van der Waals surface area contributed by atoms with Gasteiger partial charge in [-0.15, -0.1) is 6.42 Å². The zero-order valence-corrected chi connectivity index (χ0v) is 9.92. The lowest BCUT2D eigenvalue weighted by Crippen LogP contribution is -2.10. The monoisotopic (exact) mass is 286 g/mol. The Bertz CT molecular complexity index is 465. The van der Waals surface area contributed by atoms with Crippen LogP contribution in [0.25, 0.3) is 0 Å². The fourth-order valence-electron chi connectivity index (χ4n) is 1.01. The van der Waals surface area contributed by atoms with Gasteiger partial charge in [-0.3, -0.25) is 0 Å². The maximum atomic E-state index is 13.6. The number of aromatic carboxylic acids is 1. The number of hydrogen-bond acceptors (Lipinski definition) is 2. The summed E-state index contributed by atoms with van der Waals surface area (Å²) in [5.41, 5.74) is -0.168. The summed E-state index contributed by atoms with van der Waals surface area (Å²) in [7, 11) is 0. The molecule has 1 atom stereocenters. The minimum absolute atomic E-state index is 0.0812. The first-order valence-corrected chi connectivity index (χ1v) is 5.10. The molecule has 0 amide bonds. The maximum absolute atomic E-state index is 13.6. The van der Waals surface area contributed by atoms with Gasteiger partial charge < -0.3 is 9.84 Å². The predicted octanol–water partition coefficient (Wildman–Crippen LogP) is 2.69. The van der Waals surface area contributed by atoms with E-state index in [0.717, 1.165) is 0 Å². The van der Waals surface area contributed by atoms with E-state index in [4.69, 9.17) is 16.3 Å². The topological polar surface area (TPSA) is 46.5 Å².